The van der Waals surface area contributed by atoms with Crippen molar-refractivity contribution in [1.29, 1.82) is 0 Å². The minimum absolute atomic E-state index is 0.338. The highest BCUT2D eigenvalue weighted by molar-refractivity contribution is 5.42. The Morgan fingerprint density at radius 2 is 2.12 bits per heavy atom. The van der Waals surface area contributed by atoms with Gasteiger partial charge in [-0.1, -0.05) is 26.0 Å². The largest absolute Gasteiger partial charge is 0.496 e. The van der Waals surface area contributed by atoms with Gasteiger partial charge in [-0.3, -0.25) is 0 Å². The molecule has 1 aliphatic carbocycles. The lowest BCUT2D eigenvalue weighted by Gasteiger charge is -2.20. The van der Waals surface area contributed by atoms with Gasteiger partial charge in [0.2, 0.25) is 0 Å². The van der Waals surface area contributed by atoms with Crippen LogP contribution in [0.2, 0.25) is 0 Å². The highest BCUT2D eigenvalue weighted by Gasteiger charge is 2.26. The summed E-state index contributed by atoms with van der Waals surface area (Å²) in [5.74, 6) is 2.15. The standard InChI is InChI=1S/C15H22O2/c1-10(2)11-7-8-13-12(14(16)9-11)5-4-6-15(13)17-3/h4-6,10-11,14,16H,7-9H2,1-3H3/t11-,14?/m1/s1. The van der Waals surface area contributed by atoms with E-state index in [2.05, 4.69) is 13.8 Å². The Morgan fingerprint density at radius 3 is 2.76 bits per heavy atom. The number of fused-ring (bicyclic) bond motifs is 1. The quantitative estimate of drug-likeness (QED) is 0.795. The molecule has 0 heterocycles. The first-order valence-electron chi connectivity index (χ1n) is 6.47. The summed E-state index contributed by atoms with van der Waals surface area (Å²) in [6.07, 6.45) is 2.69. The van der Waals surface area contributed by atoms with Gasteiger partial charge in [0.15, 0.2) is 0 Å². The van der Waals surface area contributed by atoms with Gasteiger partial charge in [0.25, 0.3) is 0 Å². The molecule has 1 unspecified atom stereocenters. The topological polar surface area (TPSA) is 29.5 Å². The van der Waals surface area contributed by atoms with Gasteiger partial charge >= 0.3 is 0 Å². The molecule has 2 rings (SSSR count). The molecule has 1 aliphatic rings. The third-order valence-electron chi connectivity index (χ3n) is 3.98. The van der Waals surface area contributed by atoms with Gasteiger partial charge in [-0.15, -0.1) is 0 Å². The summed E-state index contributed by atoms with van der Waals surface area (Å²) in [5.41, 5.74) is 2.26. The fourth-order valence-electron chi connectivity index (χ4n) is 2.82. The molecule has 0 saturated heterocycles. The molecule has 0 aromatic heterocycles. The van der Waals surface area contributed by atoms with Crippen molar-refractivity contribution >= 4 is 0 Å². The maximum atomic E-state index is 10.3. The molecular formula is C15H22O2. The normalized spacial score (nSPS) is 24.3. The van der Waals surface area contributed by atoms with Crippen molar-refractivity contribution in [3.8, 4) is 5.75 Å². The van der Waals surface area contributed by atoms with Crippen LogP contribution >= 0.6 is 0 Å². The van der Waals surface area contributed by atoms with Crippen molar-refractivity contribution in [3.63, 3.8) is 0 Å². The Balaban J connectivity index is 2.33. The molecular weight excluding hydrogens is 212 g/mol. The SMILES string of the molecule is COc1cccc2c1CC[C@@H](C(C)C)CC2O. The zero-order valence-electron chi connectivity index (χ0n) is 10.9. The molecule has 2 atom stereocenters. The molecule has 1 aromatic rings. The molecule has 0 amide bonds. The van der Waals surface area contributed by atoms with E-state index in [1.165, 1.54) is 5.56 Å². The van der Waals surface area contributed by atoms with Crippen molar-refractivity contribution < 1.29 is 9.84 Å². The van der Waals surface area contributed by atoms with Gasteiger partial charge < -0.3 is 9.84 Å². The zero-order valence-corrected chi connectivity index (χ0v) is 10.9. The summed E-state index contributed by atoms with van der Waals surface area (Å²) >= 11 is 0. The number of aliphatic hydroxyl groups is 1. The average Bonchev–Trinajstić information content (AvgIpc) is 2.49. The molecule has 94 valence electrons. The van der Waals surface area contributed by atoms with E-state index in [0.29, 0.717) is 11.8 Å². The lowest BCUT2D eigenvalue weighted by Crippen LogP contribution is -2.11. The van der Waals surface area contributed by atoms with Gasteiger partial charge in [0.1, 0.15) is 5.75 Å². The van der Waals surface area contributed by atoms with E-state index >= 15 is 0 Å². The minimum atomic E-state index is -0.338. The molecule has 17 heavy (non-hydrogen) atoms. The monoisotopic (exact) mass is 234 g/mol. The van der Waals surface area contributed by atoms with Crippen LogP contribution in [0.4, 0.5) is 0 Å². The lowest BCUT2D eigenvalue weighted by atomic mass is 9.88. The minimum Gasteiger partial charge on any atom is -0.496 e. The van der Waals surface area contributed by atoms with Crippen LogP contribution in [0.1, 0.15) is 43.9 Å². The number of hydrogen-bond acceptors (Lipinski definition) is 2. The predicted octanol–water partition coefficient (Wildman–Crippen LogP) is 3.34. The number of benzene rings is 1. The second kappa shape index (κ2) is 5.09. The Morgan fingerprint density at radius 1 is 1.35 bits per heavy atom. The summed E-state index contributed by atoms with van der Waals surface area (Å²) < 4.78 is 5.40. The summed E-state index contributed by atoms with van der Waals surface area (Å²) in [4.78, 5) is 0. The number of ether oxygens (including phenoxy) is 1. The molecule has 0 fully saturated rings. The molecule has 2 nitrogen and oxygen atoms in total. The second-order valence-corrected chi connectivity index (χ2v) is 5.32. The van der Waals surface area contributed by atoms with Crippen LogP contribution in [0.3, 0.4) is 0 Å². The summed E-state index contributed by atoms with van der Waals surface area (Å²) in [5, 5.41) is 10.3. The average molecular weight is 234 g/mol. The van der Waals surface area contributed by atoms with E-state index in [0.717, 1.165) is 30.6 Å². The van der Waals surface area contributed by atoms with E-state index in [1.54, 1.807) is 7.11 Å². The lowest BCUT2D eigenvalue weighted by molar-refractivity contribution is 0.132. The van der Waals surface area contributed by atoms with Crippen molar-refractivity contribution in [1.82, 2.24) is 0 Å². The van der Waals surface area contributed by atoms with Crippen LogP contribution < -0.4 is 4.74 Å². The molecule has 1 N–H and O–H groups in total. The molecule has 1 aromatic carbocycles. The van der Waals surface area contributed by atoms with E-state index in [4.69, 9.17) is 4.74 Å². The zero-order chi connectivity index (χ0) is 12.4. The molecule has 0 radical (unpaired) electrons. The summed E-state index contributed by atoms with van der Waals surface area (Å²) in [7, 11) is 1.70. The first-order valence-corrected chi connectivity index (χ1v) is 6.47. The van der Waals surface area contributed by atoms with Crippen LogP contribution in [0.5, 0.6) is 5.75 Å². The van der Waals surface area contributed by atoms with Crippen molar-refractivity contribution in [2.75, 3.05) is 7.11 Å². The van der Waals surface area contributed by atoms with Crippen LogP contribution in [0.15, 0.2) is 18.2 Å². The van der Waals surface area contributed by atoms with Gasteiger partial charge in [-0.2, -0.15) is 0 Å². The predicted molar refractivity (Wildman–Crippen MR) is 69.2 cm³/mol. The first-order chi connectivity index (χ1) is 8.13. The third-order valence-corrected chi connectivity index (χ3v) is 3.98. The Bertz CT molecular complexity index is 385. The van der Waals surface area contributed by atoms with Gasteiger partial charge in [-0.25, -0.2) is 0 Å². The summed E-state index contributed by atoms with van der Waals surface area (Å²) in [6, 6.07) is 5.99. The highest BCUT2D eigenvalue weighted by Crippen LogP contribution is 2.38. The maximum absolute atomic E-state index is 10.3. The molecule has 0 aliphatic heterocycles. The highest BCUT2D eigenvalue weighted by atomic mass is 16.5. The Labute approximate surface area is 104 Å². The fourth-order valence-corrected chi connectivity index (χ4v) is 2.82. The fraction of sp³-hybridized carbons (Fsp3) is 0.600. The Kier molecular flexibility index (Phi) is 3.72. The third kappa shape index (κ3) is 2.47. The first kappa shape index (κ1) is 12.4. The smallest absolute Gasteiger partial charge is 0.122 e. The van der Waals surface area contributed by atoms with Crippen molar-refractivity contribution in [2.45, 2.75) is 39.2 Å². The van der Waals surface area contributed by atoms with E-state index in [9.17, 15) is 5.11 Å². The Hall–Kier alpha value is -1.02. The van der Waals surface area contributed by atoms with Crippen molar-refractivity contribution in [2.24, 2.45) is 11.8 Å². The number of methoxy groups -OCH3 is 1. The van der Waals surface area contributed by atoms with Crippen LogP contribution in [-0.2, 0) is 6.42 Å². The van der Waals surface area contributed by atoms with Crippen molar-refractivity contribution in [3.05, 3.63) is 29.3 Å². The second-order valence-electron chi connectivity index (χ2n) is 5.32. The molecule has 2 heteroatoms. The number of aliphatic hydroxyl groups excluding tert-OH is 1. The van der Waals surface area contributed by atoms with Gasteiger partial charge in [0.05, 0.1) is 13.2 Å². The van der Waals surface area contributed by atoms with Gasteiger partial charge in [0, 0.05) is 0 Å². The van der Waals surface area contributed by atoms with Gasteiger partial charge in [-0.05, 0) is 48.3 Å². The van der Waals surface area contributed by atoms with Crippen LogP contribution in [0.25, 0.3) is 0 Å². The molecule has 0 bridgehead atoms. The maximum Gasteiger partial charge on any atom is 0.122 e. The van der Waals surface area contributed by atoms with E-state index in [1.807, 2.05) is 18.2 Å². The van der Waals surface area contributed by atoms with Crippen LogP contribution in [0, 0.1) is 11.8 Å². The molecule has 0 spiro atoms. The van der Waals surface area contributed by atoms with Crippen LogP contribution in [-0.4, -0.2) is 12.2 Å². The number of hydrogen-bond donors (Lipinski definition) is 1. The number of rotatable bonds is 2. The van der Waals surface area contributed by atoms with E-state index < -0.39 is 0 Å². The van der Waals surface area contributed by atoms with E-state index in [-0.39, 0.29) is 6.10 Å². The molecule has 0 saturated carbocycles. The summed E-state index contributed by atoms with van der Waals surface area (Å²) in [6.45, 7) is 4.48.